The quantitative estimate of drug-likeness (QED) is 0.825. The van der Waals surface area contributed by atoms with Gasteiger partial charge in [0.15, 0.2) is 0 Å². The van der Waals surface area contributed by atoms with E-state index in [1.165, 1.54) is 71.2 Å². The first-order chi connectivity index (χ1) is 8.83. The standard InChI is InChI=1S/C15H28N2O/c18-15-5-3-4-13(15)6-10-16-11-7-14(12-16)17-8-1-2-9-17/h13-15,18H,1-12H2. The van der Waals surface area contributed by atoms with Crippen LogP contribution in [-0.4, -0.2) is 59.8 Å². The number of hydrogen-bond donors (Lipinski definition) is 1. The van der Waals surface area contributed by atoms with Crippen LogP contribution >= 0.6 is 0 Å². The molecule has 3 nitrogen and oxygen atoms in total. The van der Waals surface area contributed by atoms with E-state index in [9.17, 15) is 5.11 Å². The average Bonchev–Trinajstić information content (AvgIpc) is 3.08. The minimum atomic E-state index is 0.00184. The summed E-state index contributed by atoms with van der Waals surface area (Å²) in [6.07, 6.45) is 8.94. The number of hydrogen-bond acceptors (Lipinski definition) is 3. The predicted molar refractivity (Wildman–Crippen MR) is 73.6 cm³/mol. The van der Waals surface area contributed by atoms with Crippen LogP contribution in [-0.2, 0) is 0 Å². The minimum Gasteiger partial charge on any atom is -0.393 e. The van der Waals surface area contributed by atoms with Crippen LogP contribution in [0.4, 0.5) is 0 Å². The Morgan fingerprint density at radius 3 is 2.50 bits per heavy atom. The van der Waals surface area contributed by atoms with E-state index in [0.29, 0.717) is 5.92 Å². The van der Waals surface area contributed by atoms with Gasteiger partial charge in [-0.1, -0.05) is 6.42 Å². The molecule has 2 saturated heterocycles. The van der Waals surface area contributed by atoms with E-state index in [1.54, 1.807) is 0 Å². The Balaban J connectivity index is 1.39. The van der Waals surface area contributed by atoms with Crippen molar-refractivity contribution < 1.29 is 5.11 Å². The molecule has 18 heavy (non-hydrogen) atoms. The number of likely N-dealkylation sites (tertiary alicyclic amines) is 2. The van der Waals surface area contributed by atoms with Crippen LogP contribution in [0.1, 0.15) is 44.9 Å². The van der Waals surface area contributed by atoms with Gasteiger partial charge in [0.05, 0.1) is 6.10 Å². The van der Waals surface area contributed by atoms with Crippen molar-refractivity contribution in [1.82, 2.24) is 9.80 Å². The highest BCUT2D eigenvalue weighted by atomic mass is 16.3. The van der Waals surface area contributed by atoms with Crippen LogP contribution in [0, 0.1) is 5.92 Å². The van der Waals surface area contributed by atoms with Gasteiger partial charge in [-0.3, -0.25) is 4.90 Å². The first-order valence-corrected chi connectivity index (χ1v) is 7.97. The Morgan fingerprint density at radius 2 is 1.78 bits per heavy atom. The second kappa shape index (κ2) is 5.89. The van der Waals surface area contributed by atoms with Gasteiger partial charge in [-0.15, -0.1) is 0 Å². The third-order valence-electron chi connectivity index (χ3n) is 5.34. The zero-order valence-corrected chi connectivity index (χ0v) is 11.6. The fourth-order valence-electron chi connectivity index (χ4n) is 4.12. The molecular formula is C15H28N2O. The van der Waals surface area contributed by atoms with E-state index in [-0.39, 0.29) is 6.10 Å². The van der Waals surface area contributed by atoms with E-state index in [0.717, 1.165) is 12.5 Å². The van der Waals surface area contributed by atoms with Gasteiger partial charge in [0.25, 0.3) is 0 Å². The first kappa shape index (κ1) is 12.9. The number of aliphatic hydroxyl groups is 1. The molecular weight excluding hydrogens is 224 g/mol. The summed E-state index contributed by atoms with van der Waals surface area (Å²) < 4.78 is 0. The van der Waals surface area contributed by atoms with Crippen molar-refractivity contribution in [2.24, 2.45) is 5.92 Å². The van der Waals surface area contributed by atoms with Crippen molar-refractivity contribution in [1.29, 1.82) is 0 Å². The van der Waals surface area contributed by atoms with Gasteiger partial charge in [0.1, 0.15) is 0 Å². The van der Waals surface area contributed by atoms with E-state index >= 15 is 0 Å². The molecule has 3 unspecified atom stereocenters. The van der Waals surface area contributed by atoms with E-state index in [2.05, 4.69) is 9.80 Å². The van der Waals surface area contributed by atoms with Gasteiger partial charge < -0.3 is 10.0 Å². The zero-order valence-electron chi connectivity index (χ0n) is 11.6. The maximum Gasteiger partial charge on any atom is 0.0568 e. The lowest BCUT2D eigenvalue weighted by molar-refractivity contribution is 0.119. The first-order valence-electron chi connectivity index (χ1n) is 7.97. The predicted octanol–water partition coefficient (Wildman–Crippen LogP) is 1.71. The van der Waals surface area contributed by atoms with Gasteiger partial charge in [-0.05, 0) is 70.6 Å². The maximum absolute atomic E-state index is 9.86. The summed E-state index contributed by atoms with van der Waals surface area (Å²) in [7, 11) is 0. The third kappa shape index (κ3) is 2.89. The summed E-state index contributed by atoms with van der Waals surface area (Å²) in [5.41, 5.74) is 0. The zero-order chi connectivity index (χ0) is 12.4. The molecule has 0 spiro atoms. The second-order valence-corrected chi connectivity index (χ2v) is 6.53. The van der Waals surface area contributed by atoms with Crippen molar-refractivity contribution in [3.8, 4) is 0 Å². The molecule has 3 fully saturated rings. The average molecular weight is 252 g/mol. The number of rotatable bonds is 4. The van der Waals surface area contributed by atoms with Crippen molar-refractivity contribution >= 4 is 0 Å². The summed E-state index contributed by atoms with van der Waals surface area (Å²) in [6, 6.07) is 0.834. The lowest BCUT2D eigenvalue weighted by Crippen LogP contribution is -2.35. The van der Waals surface area contributed by atoms with E-state index in [1.807, 2.05) is 0 Å². The van der Waals surface area contributed by atoms with Crippen LogP contribution in [0.15, 0.2) is 0 Å². The largest absolute Gasteiger partial charge is 0.393 e. The van der Waals surface area contributed by atoms with Crippen LogP contribution < -0.4 is 0 Å². The van der Waals surface area contributed by atoms with Crippen molar-refractivity contribution in [2.75, 3.05) is 32.7 Å². The maximum atomic E-state index is 9.86. The molecule has 0 bridgehead atoms. The van der Waals surface area contributed by atoms with Gasteiger partial charge in [-0.2, -0.15) is 0 Å². The van der Waals surface area contributed by atoms with Gasteiger partial charge in [0.2, 0.25) is 0 Å². The van der Waals surface area contributed by atoms with E-state index < -0.39 is 0 Å². The summed E-state index contributed by atoms with van der Waals surface area (Å²) in [6.45, 7) is 6.44. The molecule has 0 radical (unpaired) electrons. The Labute approximate surface area is 111 Å². The molecule has 0 aromatic rings. The molecule has 0 aromatic heterocycles. The Hall–Kier alpha value is -0.120. The molecule has 104 valence electrons. The Morgan fingerprint density at radius 1 is 0.944 bits per heavy atom. The molecule has 3 aliphatic rings. The second-order valence-electron chi connectivity index (χ2n) is 6.53. The molecule has 1 N–H and O–H groups in total. The Bertz CT molecular complexity index is 265. The molecule has 2 heterocycles. The fraction of sp³-hybridized carbons (Fsp3) is 1.00. The lowest BCUT2D eigenvalue weighted by atomic mass is 10.0. The number of aliphatic hydroxyl groups excluding tert-OH is 1. The van der Waals surface area contributed by atoms with Gasteiger partial charge >= 0.3 is 0 Å². The van der Waals surface area contributed by atoms with Crippen LogP contribution in [0.5, 0.6) is 0 Å². The van der Waals surface area contributed by atoms with E-state index in [4.69, 9.17) is 0 Å². The van der Waals surface area contributed by atoms with Gasteiger partial charge in [-0.25, -0.2) is 0 Å². The monoisotopic (exact) mass is 252 g/mol. The third-order valence-corrected chi connectivity index (χ3v) is 5.34. The smallest absolute Gasteiger partial charge is 0.0568 e. The Kier molecular flexibility index (Phi) is 4.22. The molecule has 2 aliphatic heterocycles. The number of nitrogens with zero attached hydrogens (tertiary/aromatic N) is 2. The topological polar surface area (TPSA) is 26.7 Å². The van der Waals surface area contributed by atoms with Crippen molar-refractivity contribution in [3.63, 3.8) is 0 Å². The highest BCUT2D eigenvalue weighted by molar-refractivity contribution is 4.86. The van der Waals surface area contributed by atoms with Gasteiger partial charge in [0, 0.05) is 12.6 Å². The molecule has 0 aromatic carbocycles. The van der Waals surface area contributed by atoms with Crippen LogP contribution in [0.3, 0.4) is 0 Å². The summed E-state index contributed by atoms with van der Waals surface area (Å²) in [5.74, 6) is 0.593. The minimum absolute atomic E-state index is 0.00184. The molecule has 3 atom stereocenters. The molecule has 1 saturated carbocycles. The van der Waals surface area contributed by atoms with Crippen LogP contribution in [0.25, 0.3) is 0 Å². The molecule has 1 aliphatic carbocycles. The highest BCUT2D eigenvalue weighted by Crippen LogP contribution is 2.29. The summed E-state index contributed by atoms with van der Waals surface area (Å²) in [4.78, 5) is 5.33. The lowest BCUT2D eigenvalue weighted by Gasteiger charge is -2.24. The summed E-state index contributed by atoms with van der Waals surface area (Å²) >= 11 is 0. The molecule has 0 amide bonds. The fourth-order valence-corrected chi connectivity index (χ4v) is 4.12. The summed E-state index contributed by atoms with van der Waals surface area (Å²) in [5, 5.41) is 9.86. The highest BCUT2D eigenvalue weighted by Gasteiger charge is 2.30. The van der Waals surface area contributed by atoms with Crippen molar-refractivity contribution in [3.05, 3.63) is 0 Å². The van der Waals surface area contributed by atoms with Crippen LogP contribution in [0.2, 0.25) is 0 Å². The normalized spacial score (nSPS) is 38.8. The molecule has 3 heteroatoms. The SMILES string of the molecule is OC1CCCC1CCN1CCC(N2CCCC2)C1. The van der Waals surface area contributed by atoms with Crippen molar-refractivity contribution in [2.45, 2.75) is 57.1 Å². The molecule has 3 rings (SSSR count).